The highest BCUT2D eigenvalue weighted by atomic mass is 16.2. The summed E-state index contributed by atoms with van der Waals surface area (Å²) in [6.07, 6.45) is 0. The van der Waals surface area contributed by atoms with Gasteiger partial charge in [-0.2, -0.15) is 0 Å². The fourth-order valence-corrected chi connectivity index (χ4v) is 1.86. The van der Waals surface area contributed by atoms with E-state index >= 15 is 0 Å². The summed E-state index contributed by atoms with van der Waals surface area (Å²) in [5.74, 6) is 0.0419. The first-order valence-electron chi connectivity index (χ1n) is 6.48. The summed E-state index contributed by atoms with van der Waals surface area (Å²) in [5.41, 5.74) is 0.674. The minimum Gasteiger partial charge on any atom is -0.367 e. The van der Waals surface area contributed by atoms with Crippen LogP contribution >= 0.6 is 0 Å². The summed E-state index contributed by atoms with van der Waals surface area (Å²) in [5, 5.41) is 8.50. The second-order valence-electron chi connectivity index (χ2n) is 5.64. The van der Waals surface area contributed by atoms with Crippen LogP contribution in [0, 0.1) is 5.41 Å². The molecule has 0 aliphatic heterocycles. The van der Waals surface area contributed by atoms with Crippen molar-refractivity contribution in [1.82, 2.24) is 5.32 Å². The van der Waals surface area contributed by atoms with Crippen molar-refractivity contribution in [2.24, 2.45) is 5.41 Å². The normalized spacial score (nSPS) is 11.3. The molecule has 1 amide bonds. The van der Waals surface area contributed by atoms with Gasteiger partial charge >= 0.3 is 0 Å². The first-order chi connectivity index (χ1) is 8.98. The van der Waals surface area contributed by atoms with Gasteiger partial charge in [-0.15, -0.1) is 0 Å². The smallest absolute Gasteiger partial charge is 0.226 e. The molecular formula is C16H20N2O. The number of amides is 1. The SMILES string of the molecule is CC(C)(C)C(=O)NCNc1cccc2ccccc12. The van der Waals surface area contributed by atoms with Gasteiger partial charge in [-0.05, 0) is 11.5 Å². The highest BCUT2D eigenvalue weighted by Gasteiger charge is 2.20. The van der Waals surface area contributed by atoms with Gasteiger partial charge in [0.25, 0.3) is 0 Å². The molecule has 0 aromatic heterocycles. The number of hydrogen-bond donors (Lipinski definition) is 2. The van der Waals surface area contributed by atoms with Crippen LogP contribution in [-0.4, -0.2) is 12.6 Å². The minimum atomic E-state index is -0.361. The maximum atomic E-state index is 11.8. The van der Waals surface area contributed by atoms with Crippen molar-refractivity contribution in [3.8, 4) is 0 Å². The number of anilines is 1. The highest BCUT2D eigenvalue weighted by Crippen LogP contribution is 2.22. The summed E-state index contributed by atoms with van der Waals surface area (Å²) in [4.78, 5) is 11.8. The van der Waals surface area contributed by atoms with E-state index in [9.17, 15) is 4.79 Å². The van der Waals surface area contributed by atoms with Crippen LogP contribution in [0.1, 0.15) is 20.8 Å². The molecule has 0 bridgehead atoms. The molecule has 0 unspecified atom stereocenters. The van der Waals surface area contributed by atoms with Gasteiger partial charge in [0.15, 0.2) is 0 Å². The molecule has 0 spiro atoms. The molecule has 0 fully saturated rings. The van der Waals surface area contributed by atoms with Gasteiger partial charge in [0.1, 0.15) is 0 Å². The fraction of sp³-hybridized carbons (Fsp3) is 0.312. The van der Waals surface area contributed by atoms with Crippen LogP contribution in [0.25, 0.3) is 10.8 Å². The zero-order valence-corrected chi connectivity index (χ0v) is 11.7. The van der Waals surface area contributed by atoms with Crippen molar-refractivity contribution >= 4 is 22.4 Å². The molecule has 0 heterocycles. The number of benzene rings is 2. The molecular weight excluding hydrogens is 236 g/mol. The standard InChI is InChI=1S/C16H20N2O/c1-16(2,3)15(19)18-11-17-14-10-6-8-12-7-4-5-9-13(12)14/h4-10,17H,11H2,1-3H3,(H,18,19). The lowest BCUT2D eigenvalue weighted by atomic mass is 9.96. The number of hydrogen-bond acceptors (Lipinski definition) is 2. The third-order valence-electron chi connectivity index (χ3n) is 3.00. The molecule has 2 aromatic rings. The van der Waals surface area contributed by atoms with Gasteiger partial charge in [-0.3, -0.25) is 4.79 Å². The van der Waals surface area contributed by atoms with Crippen LogP contribution in [0.3, 0.4) is 0 Å². The number of nitrogens with one attached hydrogen (secondary N) is 2. The maximum Gasteiger partial charge on any atom is 0.226 e. The molecule has 100 valence electrons. The van der Waals surface area contributed by atoms with E-state index in [-0.39, 0.29) is 11.3 Å². The van der Waals surface area contributed by atoms with Crippen LogP contribution < -0.4 is 10.6 Å². The van der Waals surface area contributed by atoms with Crippen molar-refractivity contribution in [2.45, 2.75) is 20.8 Å². The van der Waals surface area contributed by atoms with E-state index in [1.807, 2.05) is 45.0 Å². The Balaban J connectivity index is 2.05. The third kappa shape index (κ3) is 3.25. The Hall–Kier alpha value is -2.03. The molecule has 0 saturated carbocycles. The lowest BCUT2D eigenvalue weighted by molar-refractivity contribution is -0.128. The predicted molar refractivity (Wildman–Crippen MR) is 80.0 cm³/mol. The zero-order chi connectivity index (χ0) is 13.9. The molecule has 0 aliphatic carbocycles. The predicted octanol–water partition coefficient (Wildman–Crippen LogP) is 3.37. The van der Waals surface area contributed by atoms with Gasteiger partial charge in [-0.1, -0.05) is 57.2 Å². The number of carbonyl (C=O) groups excluding carboxylic acids is 1. The first-order valence-corrected chi connectivity index (χ1v) is 6.48. The van der Waals surface area contributed by atoms with E-state index in [1.54, 1.807) is 0 Å². The number of fused-ring (bicyclic) bond motifs is 1. The van der Waals surface area contributed by atoms with Crippen molar-refractivity contribution < 1.29 is 4.79 Å². The largest absolute Gasteiger partial charge is 0.367 e. The quantitative estimate of drug-likeness (QED) is 0.827. The Morgan fingerprint density at radius 3 is 2.47 bits per heavy atom. The van der Waals surface area contributed by atoms with Crippen molar-refractivity contribution in [3.05, 3.63) is 42.5 Å². The number of rotatable bonds is 3. The molecule has 0 radical (unpaired) electrons. The molecule has 0 aliphatic rings. The summed E-state index contributed by atoms with van der Waals surface area (Å²) in [6, 6.07) is 14.3. The Morgan fingerprint density at radius 1 is 1.05 bits per heavy atom. The van der Waals surface area contributed by atoms with Crippen molar-refractivity contribution in [3.63, 3.8) is 0 Å². The molecule has 0 atom stereocenters. The second-order valence-corrected chi connectivity index (χ2v) is 5.64. The molecule has 2 N–H and O–H groups in total. The molecule has 0 saturated heterocycles. The van der Waals surface area contributed by atoms with Crippen LogP contribution in [0.5, 0.6) is 0 Å². The monoisotopic (exact) mass is 256 g/mol. The van der Waals surface area contributed by atoms with E-state index in [1.165, 1.54) is 5.39 Å². The summed E-state index contributed by atoms with van der Waals surface area (Å²) >= 11 is 0. The second kappa shape index (κ2) is 5.31. The molecule has 19 heavy (non-hydrogen) atoms. The Morgan fingerprint density at radius 2 is 1.74 bits per heavy atom. The number of carbonyl (C=O) groups is 1. The van der Waals surface area contributed by atoms with Gasteiger partial charge < -0.3 is 10.6 Å². The van der Waals surface area contributed by atoms with Crippen molar-refractivity contribution in [1.29, 1.82) is 0 Å². The van der Waals surface area contributed by atoms with E-state index in [0.29, 0.717) is 6.67 Å². The van der Waals surface area contributed by atoms with E-state index in [4.69, 9.17) is 0 Å². The van der Waals surface area contributed by atoms with E-state index < -0.39 is 0 Å². The zero-order valence-electron chi connectivity index (χ0n) is 11.7. The third-order valence-corrected chi connectivity index (χ3v) is 3.00. The Bertz CT molecular complexity index is 579. The lowest BCUT2D eigenvalue weighted by Crippen LogP contribution is -2.37. The van der Waals surface area contributed by atoms with Gasteiger partial charge in [0.2, 0.25) is 5.91 Å². The average Bonchev–Trinajstić information content (AvgIpc) is 2.38. The summed E-state index contributed by atoms with van der Waals surface area (Å²) in [6.45, 7) is 6.14. The maximum absolute atomic E-state index is 11.8. The summed E-state index contributed by atoms with van der Waals surface area (Å²) < 4.78 is 0. The molecule has 2 aromatic carbocycles. The average molecular weight is 256 g/mol. The van der Waals surface area contributed by atoms with Gasteiger partial charge in [0.05, 0.1) is 6.67 Å². The molecule has 3 heteroatoms. The topological polar surface area (TPSA) is 41.1 Å². The van der Waals surface area contributed by atoms with Crippen LogP contribution in [-0.2, 0) is 4.79 Å². The first kappa shape index (κ1) is 13.4. The van der Waals surface area contributed by atoms with Crippen LogP contribution in [0.4, 0.5) is 5.69 Å². The summed E-state index contributed by atoms with van der Waals surface area (Å²) in [7, 11) is 0. The molecule has 3 nitrogen and oxygen atoms in total. The highest BCUT2D eigenvalue weighted by molar-refractivity contribution is 5.93. The van der Waals surface area contributed by atoms with Crippen LogP contribution in [0.2, 0.25) is 0 Å². The van der Waals surface area contributed by atoms with Crippen LogP contribution in [0.15, 0.2) is 42.5 Å². The minimum absolute atomic E-state index is 0.0419. The Labute approximate surface area is 114 Å². The fourth-order valence-electron chi connectivity index (χ4n) is 1.86. The van der Waals surface area contributed by atoms with E-state index in [2.05, 4.69) is 28.8 Å². The van der Waals surface area contributed by atoms with Crippen molar-refractivity contribution in [2.75, 3.05) is 12.0 Å². The lowest BCUT2D eigenvalue weighted by Gasteiger charge is -2.18. The van der Waals surface area contributed by atoms with Gasteiger partial charge in [0, 0.05) is 16.5 Å². The van der Waals surface area contributed by atoms with Gasteiger partial charge in [-0.25, -0.2) is 0 Å². The van der Waals surface area contributed by atoms with E-state index in [0.717, 1.165) is 11.1 Å². The molecule has 2 rings (SSSR count). The Kier molecular flexibility index (Phi) is 3.74.